The maximum absolute atomic E-state index is 8.07. The van der Waals surface area contributed by atoms with Crippen molar-refractivity contribution in [1.82, 2.24) is 0 Å². The molecule has 0 atom stereocenters. The number of carbonyl (C=O) groups excluding carboxylic acids is 1. The molecule has 0 saturated heterocycles. The Morgan fingerprint density at radius 2 is 2.00 bits per heavy atom. The van der Waals surface area contributed by atoms with Crippen molar-refractivity contribution in [2.75, 3.05) is 6.61 Å². The molecule has 2 nitrogen and oxygen atoms in total. The monoisotopic (exact) mass is 104 g/mol. The van der Waals surface area contributed by atoms with Gasteiger partial charge in [-0.3, -0.25) is 0 Å². The van der Waals surface area contributed by atoms with Gasteiger partial charge in [-0.1, -0.05) is 13.3 Å². The average molecular weight is 104 g/mol. The predicted molar refractivity (Wildman–Crippen MR) is 29.1 cm³/mol. The van der Waals surface area contributed by atoms with E-state index >= 15 is 0 Å². The lowest BCUT2D eigenvalue weighted by Crippen LogP contribution is -1.75. The van der Waals surface area contributed by atoms with E-state index in [2.05, 4.69) is 6.92 Å². The predicted octanol–water partition coefficient (Wildman–Crippen LogP) is 0.594. The molecule has 2 heteroatoms. The Morgan fingerprint density at radius 1 is 1.57 bits per heavy atom. The zero-order chi connectivity index (χ0) is 6.12. The van der Waals surface area contributed by atoms with Gasteiger partial charge in [-0.05, 0) is 6.42 Å². The third kappa shape index (κ3) is 27.9. The van der Waals surface area contributed by atoms with Crippen molar-refractivity contribution in [2.45, 2.75) is 19.8 Å². The fraction of sp³-hybridized carbons (Fsp3) is 0.800. The van der Waals surface area contributed by atoms with Crippen LogP contribution in [0.1, 0.15) is 19.8 Å². The van der Waals surface area contributed by atoms with Crippen molar-refractivity contribution in [3.05, 3.63) is 0 Å². The van der Waals surface area contributed by atoms with Gasteiger partial charge in [-0.2, -0.15) is 0 Å². The molecule has 0 spiro atoms. The number of hydrogen-bond donors (Lipinski definition) is 1. The van der Waals surface area contributed by atoms with Gasteiger partial charge in [-0.15, -0.1) is 0 Å². The summed E-state index contributed by atoms with van der Waals surface area (Å²) < 4.78 is 0. The topological polar surface area (TPSA) is 37.3 Å². The average Bonchev–Trinajstić information content (AvgIpc) is 1.75. The molecular formula is C5H12O2. The lowest BCUT2D eigenvalue weighted by molar-refractivity contribution is -0.0979. The molecule has 0 fully saturated rings. The lowest BCUT2D eigenvalue weighted by Gasteiger charge is -1.79. The van der Waals surface area contributed by atoms with Gasteiger partial charge in [-0.25, -0.2) is 0 Å². The van der Waals surface area contributed by atoms with Crippen molar-refractivity contribution < 1.29 is 9.90 Å². The Hall–Kier alpha value is -0.370. The van der Waals surface area contributed by atoms with E-state index in [-0.39, 0.29) is 0 Å². The summed E-state index contributed by atoms with van der Waals surface area (Å²) >= 11 is 0. The molecule has 0 aromatic heterocycles. The van der Waals surface area contributed by atoms with Gasteiger partial charge in [0, 0.05) is 6.61 Å². The summed E-state index contributed by atoms with van der Waals surface area (Å²) in [5.41, 5.74) is 0. The third-order valence-corrected chi connectivity index (χ3v) is 0.512. The van der Waals surface area contributed by atoms with Crippen LogP contribution in [0.5, 0.6) is 0 Å². The summed E-state index contributed by atoms with van der Waals surface area (Å²) in [4.78, 5) is 8.00. The van der Waals surface area contributed by atoms with E-state index in [4.69, 9.17) is 9.90 Å². The second-order valence-corrected chi connectivity index (χ2v) is 1.08. The molecule has 0 unspecified atom stereocenters. The van der Waals surface area contributed by atoms with Crippen LogP contribution < -0.4 is 0 Å². The minimum atomic E-state index is 0.344. The summed E-state index contributed by atoms with van der Waals surface area (Å²) in [7, 11) is 0. The number of aliphatic hydroxyl groups excluding tert-OH is 1. The highest BCUT2D eigenvalue weighted by Gasteiger charge is 1.69. The normalized spacial score (nSPS) is 6.57. The number of hydrogen-bond acceptors (Lipinski definition) is 2. The lowest BCUT2D eigenvalue weighted by atomic mass is 10.4. The molecule has 7 heavy (non-hydrogen) atoms. The fourth-order valence-corrected chi connectivity index (χ4v) is 0.158. The van der Waals surface area contributed by atoms with Gasteiger partial charge in [0.15, 0.2) is 0 Å². The highest BCUT2D eigenvalue weighted by molar-refractivity contribution is 5.10. The number of carbonyl (C=O) groups is 1. The minimum absolute atomic E-state index is 0.344. The summed E-state index contributed by atoms with van der Waals surface area (Å²) in [5, 5.41) is 8.07. The van der Waals surface area contributed by atoms with Crippen LogP contribution in [0.3, 0.4) is 0 Å². The highest BCUT2D eigenvalue weighted by atomic mass is 16.2. The van der Waals surface area contributed by atoms with Crippen LogP contribution in [0.25, 0.3) is 0 Å². The van der Waals surface area contributed by atoms with Crippen LogP contribution >= 0.6 is 0 Å². The smallest absolute Gasteiger partial charge is 0.106 e. The van der Waals surface area contributed by atoms with Crippen LogP contribution in [0.2, 0.25) is 0 Å². The minimum Gasteiger partial charge on any atom is -0.396 e. The van der Waals surface area contributed by atoms with Crippen LogP contribution in [-0.4, -0.2) is 18.5 Å². The van der Waals surface area contributed by atoms with Crippen molar-refractivity contribution >= 4 is 6.79 Å². The molecule has 1 N–H and O–H groups in total. The Balaban J connectivity index is 0. The SMILES string of the molecule is C=O.CCCCO. The van der Waals surface area contributed by atoms with Crippen molar-refractivity contribution in [3.63, 3.8) is 0 Å². The summed E-state index contributed by atoms with van der Waals surface area (Å²) in [6, 6.07) is 0. The first-order chi connectivity index (χ1) is 3.41. The highest BCUT2D eigenvalue weighted by Crippen LogP contribution is 1.78. The molecule has 0 radical (unpaired) electrons. The molecule has 44 valence electrons. The van der Waals surface area contributed by atoms with E-state index in [0.717, 1.165) is 12.8 Å². The Labute approximate surface area is 44.2 Å². The summed E-state index contributed by atoms with van der Waals surface area (Å²) in [6.07, 6.45) is 2.04. The largest absolute Gasteiger partial charge is 0.396 e. The Kier molecular flexibility index (Phi) is 24.4. The maximum Gasteiger partial charge on any atom is 0.106 e. The molecule has 0 aromatic rings. The second-order valence-electron chi connectivity index (χ2n) is 1.08. The zero-order valence-corrected chi connectivity index (χ0v) is 4.68. The zero-order valence-electron chi connectivity index (χ0n) is 4.68. The molecule has 0 rings (SSSR count). The van der Waals surface area contributed by atoms with Crippen LogP contribution in [-0.2, 0) is 4.79 Å². The van der Waals surface area contributed by atoms with Gasteiger partial charge >= 0.3 is 0 Å². The van der Waals surface area contributed by atoms with Crippen LogP contribution in [0.15, 0.2) is 0 Å². The van der Waals surface area contributed by atoms with Gasteiger partial charge in [0.2, 0.25) is 0 Å². The standard InChI is InChI=1S/C4H10O.CH2O/c1-2-3-4-5;1-2/h5H,2-4H2,1H3;1H2. The number of unbranched alkanes of at least 4 members (excludes halogenated alkanes) is 1. The number of rotatable bonds is 2. The second kappa shape index (κ2) is 17.4. The quantitative estimate of drug-likeness (QED) is 0.556. The Morgan fingerprint density at radius 3 is 2.00 bits per heavy atom. The van der Waals surface area contributed by atoms with Crippen molar-refractivity contribution in [1.29, 1.82) is 0 Å². The van der Waals surface area contributed by atoms with Crippen molar-refractivity contribution in [2.24, 2.45) is 0 Å². The first kappa shape index (κ1) is 9.80. The van der Waals surface area contributed by atoms with Crippen LogP contribution in [0, 0.1) is 0 Å². The van der Waals surface area contributed by atoms with E-state index in [1.54, 1.807) is 0 Å². The van der Waals surface area contributed by atoms with E-state index in [1.165, 1.54) is 0 Å². The molecule has 0 aliphatic heterocycles. The molecular weight excluding hydrogens is 92.1 g/mol. The van der Waals surface area contributed by atoms with Gasteiger partial charge in [0.1, 0.15) is 6.79 Å². The molecule has 0 bridgehead atoms. The van der Waals surface area contributed by atoms with E-state index in [1.807, 2.05) is 6.79 Å². The van der Waals surface area contributed by atoms with Gasteiger partial charge in [0.25, 0.3) is 0 Å². The van der Waals surface area contributed by atoms with Gasteiger partial charge in [0.05, 0.1) is 0 Å². The fourth-order valence-electron chi connectivity index (χ4n) is 0.158. The van der Waals surface area contributed by atoms with Gasteiger partial charge < -0.3 is 9.90 Å². The summed E-state index contributed by atoms with van der Waals surface area (Å²) in [5.74, 6) is 0. The first-order valence-corrected chi connectivity index (χ1v) is 2.31. The summed E-state index contributed by atoms with van der Waals surface area (Å²) in [6.45, 7) is 4.40. The first-order valence-electron chi connectivity index (χ1n) is 2.31. The van der Waals surface area contributed by atoms with Crippen molar-refractivity contribution in [3.8, 4) is 0 Å². The molecule has 0 heterocycles. The van der Waals surface area contributed by atoms with E-state index in [0.29, 0.717) is 6.61 Å². The van der Waals surface area contributed by atoms with E-state index < -0.39 is 0 Å². The maximum atomic E-state index is 8.07. The molecule has 0 aromatic carbocycles. The van der Waals surface area contributed by atoms with E-state index in [9.17, 15) is 0 Å². The molecule has 0 aliphatic rings. The number of aliphatic hydroxyl groups is 1. The Bertz CT molecular complexity index is 20.0. The van der Waals surface area contributed by atoms with Crippen LogP contribution in [0.4, 0.5) is 0 Å². The third-order valence-electron chi connectivity index (χ3n) is 0.512. The molecule has 0 saturated carbocycles. The molecule has 0 amide bonds. The molecule has 0 aliphatic carbocycles.